The lowest BCUT2D eigenvalue weighted by molar-refractivity contribution is 0.0652. The fourth-order valence-corrected chi connectivity index (χ4v) is 6.14. The van der Waals surface area contributed by atoms with Crippen LogP contribution in [0.1, 0.15) is 64.8 Å². The van der Waals surface area contributed by atoms with Crippen LogP contribution in [0.2, 0.25) is 0 Å². The summed E-state index contributed by atoms with van der Waals surface area (Å²) in [6.45, 7) is 10.1. The lowest BCUT2D eigenvalue weighted by Gasteiger charge is -2.34. The van der Waals surface area contributed by atoms with Crippen LogP contribution in [0.5, 0.6) is 0 Å². The van der Waals surface area contributed by atoms with Crippen molar-refractivity contribution in [2.45, 2.75) is 66.0 Å². The number of carbonyl (C=O) groups is 1. The van der Waals surface area contributed by atoms with Crippen LogP contribution < -0.4 is 10.5 Å². The van der Waals surface area contributed by atoms with Crippen LogP contribution >= 0.6 is 15.9 Å². The molecule has 0 N–H and O–H groups in total. The van der Waals surface area contributed by atoms with Crippen LogP contribution in [0.15, 0.2) is 51.9 Å². The smallest absolute Gasteiger partial charge is 0.263 e. The molecule has 1 unspecified atom stereocenters. The standard InChI is InChI=1S/C31H34BrN7O2/c1-19-14-23(8-10-26(19)32)29(40)37-18-27-25(16-21(37)3)30(41)38(31(34-27)39-22(4)15-20(2)35-39)24-9-11-28(33-17-24)36-12-6-5-7-13-36/h8-11,14-15,17,21H,5-7,12-13,16,18H2,1-4H3. The monoisotopic (exact) mass is 615 g/mol. The van der Waals surface area contributed by atoms with E-state index in [9.17, 15) is 9.59 Å². The van der Waals surface area contributed by atoms with E-state index < -0.39 is 0 Å². The summed E-state index contributed by atoms with van der Waals surface area (Å²) in [4.78, 5) is 41.7. The first-order valence-electron chi connectivity index (χ1n) is 14.2. The summed E-state index contributed by atoms with van der Waals surface area (Å²) < 4.78 is 4.28. The number of piperidine rings is 1. The van der Waals surface area contributed by atoms with Gasteiger partial charge in [0.2, 0.25) is 5.95 Å². The van der Waals surface area contributed by atoms with Crippen LogP contribution in [-0.4, -0.2) is 54.3 Å². The summed E-state index contributed by atoms with van der Waals surface area (Å²) in [6, 6.07) is 11.3. The third-order valence-electron chi connectivity index (χ3n) is 8.13. The molecule has 2 aliphatic heterocycles. The van der Waals surface area contributed by atoms with Crippen LogP contribution in [0.3, 0.4) is 0 Å². The molecule has 0 saturated carbocycles. The first kappa shape index (κ1) is 27.4. The molecule has 6 rings (SSSR count). The molecule has 3 aromatic heterocycles. The van der Waals surface area contributed by atoms with E-state index >= 15 is 0 Å². The number of carbonyl (C=O) groups excluding carboxylic acids is 1. The number of hydrogen-bond donors (Lipinski definition) is 0. The molecule has 1 saturated heterocycles. The normalized spacial score (nSPS) is 17.0. The van der Waals surface area contributed by atoms with Gasteiger partial charge in [0, 0.05) is 40.4 Å². The number of fused-ring (bicyclic) bond motifs is 1. The Bertz CT molecular complexity index is 1690. The van der Waals surface area contributed by atoms with Crippen LogP contribution in [0.25, 0.3) is 11.6 Å². The summed E-state index contributed by atoms with van der Waals surface area (Å²) in [6.07, 6.45) is 5.75. The highest BCUT2D eigenvalue weighted by atomic mass is 79.9. The number of anilines is 1. The van der Waals surface area contributed by atoms with Crippen LogP contribution in [0.4, 0.5) is 5.82 Å². The van der Waals surface area contributed by atoms with Gasteiger partial charge in [-0.25, -0.2) is 19.2 Å². The van der Waals surface area contributed by atoms with Gasteiger partial charge in [0.25, 0.3) is 11.5 Å². The van der Waals surface area contributed by atoms with Gasteiger partial charge in [-0.2, -0.15) is 5.10 Å². The van der Waals surface area contributed by atoms with E-state index in [2.05, 4.69) is 25.9 Å². The highest BCUT2D eigenvalue weighted by molar-refractivity contribution is 9.10. The third kappa shape index (κ3) is 5.09. The summed E-state index contributed by atoms with van der Waals surface area (Å²) in [5.41, 5.74) is 5.03. The molecule has 0 aliphatic carbocycles. The first-order chi connectivity index (χ1) is 19.7. The predicted octanol–water partition coefficient (Wildman–Crippen LogP) is 5.08. The Morgan fingerprint density at radius 2 is 1.80 bits per heavy atom. The molecule has 0 spiro atoms. The zero-order valence-corrected chi connectivity index (χ0v) is 25.5. The zero-order valence-electron chi connectivity index (χ0n) is 23.9. The van der Waals surface area contributed by atoms with Crippen molar-refractivity contribution in [1.29, 1.82) is 0 Å². The van der Waals surface area contributed by atoms with E-state index in [4.69, 9.17) is 9.97 Å². The molecule has 5 heterocycles. The Hall–Kier alpha value is -3.79. The minimum Gasteiger partial charge on any atom is -0.357 e. The predicted molar refractivity (Wildman–Crippen MR) is 162 cm³/mol. The van der Waals surface area contributed by atoms with E-state index in [0.29, 0.717) is 34.9 Å². The minimum atomic E-state index is -0.166. The highest BCUT2D eigenvalue weighted by Gasteiger charge is 2.32. The Morgan fingerprint density at radius 3 is 2.46 bits per heavy atom. The number of pyridine rings is 1. The number of aryl methyl sites for hydroxylation is 3. The molecule has 1 amide bonds. The SMILES string of the molecule is Cc1cc(C)n(-c2nc3c(c(=O)n2-c2ccc(N4CCCCC4)nc2)CC(C)N(C(=O)c2ccc(Br)c(C)c2)C3)n1. The second kappa shape index (κ2) is 10.9. The Labute approximate surface area is 248 Å². The molecule has 1 fully saturated rings. The average molecular weight is 617 g/mol. The summed E-state index contributed by atoms with van der Waals surface area (Å²) in [5, 5.41) is 4.66. The molecule has 10 heteroatoms. The summed E-state index contributed by atoms with van der Waals surface area (Å²) >= 11 is 3.52. The van der Waals surface area contributed by atoms with Gasteiger partial charge < -0.3 is 9.80 Å². The maximum atomic E-state index is 14.2. The van der Waals surface area contributed by atoms with Crippen molar-refractivity contribution in [2.24, 2.45) is 0 Å². The van der Waals surface area contributed by atoms with Gasteiger partial charge >= 0.3 is 0 Å². The molecular weight excluding hydrogens is 582 g/mol. The third-order valence-corrected chi connectivity index (χ3v) is 9.02. The molecule has 212 valence electrons. The quantitative estimate of drug-likeness (QED) is 0.318. The molecule has 1 atom stereocenters. The molecular formula is C31H34BrN7O2. The van der Waals surface area contributed by atoms with Crippen molar-refractivity contribution in [3.8, 4) is 11.6 Å². The molecule has 2 aliphatic rings. The van der Waals surface area contributed by atoms with Gasteiger partial charge in [0.05, 0.1) is 29.8 Å². The van der Waals surface area contributed by atoms with Crippen molar-refractivity contribution in [1.82, 2.24) is 29.2 Å². The second-order valence-electron chi connectivity index (χ2n) is 11.2. The number of benzene rings is 1. The number of nitrogens with zero attached hydrogens (tertiary/aromatic N) is 7. The van der Waals surface area contributed by atoms with Gasteiger partial charge in [0.1, 0.15) is 5.82 Å². The van der Waals surface area contributed by atoms with E-state index in [1.165, 1.54) is 19.3 Å². The maximum absolute atomic E-state index is 14.2. The van der Waals surface area contributed by atoms with Crippen molar-refractivity contribution in [2.75, 3.05) is 18.0 Å². The highest BCUT2D eigenvalue weighted by Crippen LogP contribution is 2.26. The number of halogens is 1. The first-order valence-corrected chi connectivity index (χ1v) is 15.0. The topological polar surface area (TPSA) is 89.2 Å². The number of rotatable bonds is 4. The van der Waals surface area contributed by atoms with Crippen LogP contribution in [0, 0.1) is 20.8 Å². The van der Waals surface area contributed by atoms with E-state index in [0.717, 1.165) is 40.3 Å². The molecule has 9 nitrogen and oxygen atoms in total. The summed E-state index contributed by atoms with van der Waals surface area (Å²) in [7, 11) is 0. The Balaban J connectivity index is 1.43. The number of hydrogen-bond acceptors (Lipinski definition) is 6. The lowest BCUT2D eigenvalue weighted by Crippen LogP contribution is -2.46. The van der Waals surface area contributed by atoms with Crippen molar-refractivity contribution >= 4 is 27.7 Å². The van der Waals surface area contributed by atoms with Gasteiger partial charge in [0.15, 0.2) is 0 Å². The maximum Gasteiger partial charge on any atom is 0.263 e. The Kier molecular flexibility index (Phi) is 7.27. The molecule has 0 bridgehead atoms. The fourth-order valence-electron chi connectivity index (χ4n) is 5.89. The molecule has 4 aromatic rings. The van der Waals surface area contributed by atoms with E-state index in [1.807, 2.05) is 69.0 Å². The summed E-state index contributed by atoms with van der Waals surface area (Å²) in [5.74, 6) is 1.24. The lowest BCUT2D eigenvalue weighted by atomic mass is 9.98. The molecule has 41 heavy (non-hydrogen) atoms. The van der Waals surface area contributed by atoms with Gasteiger partial charge in [-0.1, -0.05) is 15.9 Å². The van der Waals surface area contributed by atoms with Crippen molar-refractivity contribution < 1.29 is 4.79 Å². The zero-order chi connectivity index (χ0) is 28.8. The van der Waals surface area contributed by atoms with Gasteiger partial charge in [-0.15, -0.1) is 0 Å². The average Bonchev–Trinajstić information content (AvgIpc) is 3.32. The molecule has 0 radical (unpaired) electrons. The van der Waals surface area contributed by atoms with Gasteiger partial charge in [-0.05, 0) is 95.3 Å². The Morgan fingerprint density at radius 1 is 1.02 bits per heavy atom. The largest absolute Gasteiger partial charge is 0.357 e. The van der Waals surface area contributed by atoms with Crippen LogP contribution in [-0.2, 0) is 13.0 Å². The number of amides is 1. The number of aromatic nitrogens is 5. The second-order valence-corrected chi connectivity index (χ2v) is 12.0. The minimum absolute atomic E-state index is 0.0742. The van der Waals surface area contributed by atoms with Gasteiger partial charge in [-0.3, -0.25) is 9.59 Å². The van der Waals surface area contributed by atoms with Crippen molar-refractivity contribution in [3.63, 3.8) is 0 Å². The van der Waals surface area contributed by atoms with E-state index in [1.54, 1.807) is 15.4 Å². The fraction of sp³-hybridized carbons (Fsp3) is 0.387. The van der Waals surface area contributed by atoms with Crippen molar-refractivity contribution in [3.05, 3.63) is 91.2 Å². The molecule has 1 aromatic carbocycles. The van der Waals surface area contributed by atoms with E-state index in [-0.39, 0.29) is 24.1 Å².